The van der Waals surface area contributed by atoms with Gasteiger partial charge in [0.15, 0.2) is 0 Å². The number of rotatable bonds is 3. The summed E-state index contributed by atoms with van der Waals surface area (Å²) in [6, 6.07) is 10.3. The van der Waals surface area contributed by atoms with Crippen molar-refractivity contribution in [3.63, 3.8) is 0 Å². The number of benzene rings is 1. The summed E-state index contributed by atoms with van der Waals surface area (Å²) in [5.74, 6) is 0.259. The summed E-state index contributed by atoms with van der Waals surface area (Å²) in [6.45, 7) is 4.22. The molecular weight excluding hydrogens is 310 g/mol. The third kappa shape index (κ3) is 2.93. The maximum Gasteiger partial charge on any atom is 0.0651 e. The van der Waals surface area contributed by atoms with Gasteiger partial charge in [-0.15, -0.1) is 11.6 Å². The highest BCUT2D eigenvalue weighted by atomic mass is 79.9. The lowest BCUT2D eigenvalue weighted by Crippen LogP contribution is -2.03. The first-order valence-electron chi connectivity index (χ1n) is 5.89. The van der Waals surface area contributed by atoms with Crippen LogP contribution in [0, 0.1) is 6.92 Å². The largest absolute Gasteiger partial charge is 0.265 e. The van der Waals surface area contributed by atoms with Crippen LogP contribution in [-0.4, -0.2) is 4.98 Å². The van der Waals surface area contributed by atoms with E-state index in [1.54, 1.807) is 0 Å². The van der Waals surface area contributed by atoms with E-state index in [-0.39, 0.29) is 11.3 Å². The van der Waals surface area contributed by atoms with Crippen molar-refractivity contribution in [2.45, 2.75) is 25.1 Å². The molecule has 0 radical (unpaired) electrons. The summed E-state index contributed by atoms with van der Waals surface area (Å²) in [4.78, 5) is 4.04. The van der Waals surface area contributed by atoms with Gasteiger partial charge in [0.05, 0.1) is 5.38 Å². The number of alkyl halides is 1. The van der Waals surface area contributed by atoms with E-state index in [4.69, 9.17) is 11.6 Å². The number of aromatic nitrogens is 1. The van der Waals surface area contributed by atoms with Crippen LogP contribution in [0.4, 0.5) is 0 Å². The molecule has 18 heavy (non-hydrogen) atoms. The molecule has 0 bridgehead atoms. The fourth-order valence-electron chi connectivity index (χ4n) is 1.96. The number of pyridine rings is 1. The van der Waals surface area contributed by atoms with Gasteiger partial charge in [0.1, 0.15) is 0 Å². The van der Waals surface area contributed by atoms with Crippen LogP contribution in [0.2, 0.25) is 0 Å². The Morgan fingerprint density at radius 3 is 2.39 bits per heavy atom. The SMILES string of the molecule is Cc1cc(C(Cl)C(C)c2ccncc2)ccc1Br. The minimum absolute atomic E-state index is 0.0285. The Kier molecular flexibility index (Phi) is 4.41. The number of hydrogen-bond donors (Lipinski definition) is 0. The molecule has 2 rings (SSSR count). The Hall–Kier alpha value is -0.860. The lowest BCUT2D eigenvalue weighted by atomic mass is 9.93. The predicted octanol–water partition coefficient (Wildman–Crippen LogP) is 5.24. The van der Waals surface area contributed by atoms with Crippen LogP contribution in [-0.2, 0) is 0 Å². The van der Waals surface area contributed by atoms with Crippen LogP contribution in [0.25, 0.3) is 0 Å². The van der Waals surface area contributed by atoms with E-state index in [1.807, 2.05) is 24.5 Å². The number of hydrogen-bond acceptors (Lipinski definition) is 1. The normalized spacial score (nSPS) is 14.2. The highest BCUT2D eigenvalue weighted by molar-refractivity contribution is 9.10. The Balaban J connectivity index is 2.25. The van der Waals surface area contributed by atoms with Gasteiger partial charge < -0.3 is 0 Å². The number of nitrogens with zero attached hydrogens (tertiary/aromatic N) is 1. The zero-order valence-corrected chi connectivity index (χ0v) is 12.7. The topological polar surface area (TPSA) is 12.9 Å². The molecule has 0 spiro atoms. The molecule has 1 nitrogen and oxygen atoms in total. The summed E-state index contributed by atoms with van der Waals surface area (Å²) < 4.78 is 1.12. The molecule has 0 aliphatic heterocycles. The molecule has 0 N–H and O–H groups in total. The Morgan fingerprint density at radius 2 is 1.78 bits per heavy atom. The van der Waals surface area contributed by atoms with Crippen LogP contribution >= 0.6 is 27.5 Å². The van der Waals surface area contributed by atoms with Gasteiger partial charge in [-0.1, -0.05) is 35.0 Å². The standard InChI is InChI=1S/C15H15BrClN/c1-10-9-13(3-4-14(10)16)15(17)11(2)12-5-7-18-8-6-12/h3-9,11,15H,1-2H3. The lowest BCUT2D eigenvalue weighted by molar-refractivity contribution is 0.730. The Labute approximate surface area is 121 Å². The fourth-order valence-corrected chi connectivity index (χ4v) is 2.49. The summed E-state index contributed by atoms with van der Waals surface area (Å²) in [5.41, 5.74) is 3.58. The second-order valence-electron chi connectivity index (χ2n) is 4.48. The second kappa shape index (κ2) is 5.85. The highest BCUT2D eigenvalue weighted by Crippen LogP contribution is 2.36. The first kappa shape index (κ1) is 13.6. The van der Waals surface area contributed by atoms with Crippen molar-refractivity contribution in [1.82, 2.24) is 4.98 Å². The predicted molar refractivity (Wildman–Crippen MR) is 80.1 cm³/mol. The van der Waals surface area contributed by atoms with Crippen molar-refractivity contribution in [3.05, 3.63) is 63.9 Å². The third-order valence-corrected chi connectivity index (χ3v) is 4.69. The molecule has 0 aliphatic rings. The average molecular weight is 325 g/mol. The van der Waals surface area contributed by atoms with Gasteiger partial charge in [-0.05, 0) is 41.8 Å². The van der Waals surface area contributed by atoms with Gasteiger partial charge in [0.25, 0.3) is 0 Å². The molecule has 2 aromatic rings. The number of aryl methyl sites for hydroxylation is 1. The molecule has 2 atom stereocenters. The molecule has 94 valence electrons. The average Bonchev–Trinajstić information content (AvgIpc) is 2.41. The Bertz CT molecular complexity index is 527. The third-order valence-electron chi connectivity index (χ3n) is 3.17. The summed E-state index contributed by atoms with van der Waals surface area (Å²) in [6.07, 6.45) is 3.62. The molecule has 3 heteroatoms. The zero-order valence-electron chi connectivity index (χ0n) is 10.4. The van der Waals surface area contributed by atoms with Gasteiger partial charge in [0.2, 0.25) is 0 Å². The molecule has 1 heterocycles. The molecule has 2 unspecified atom stereocenters. The van der Waals surface area contributed by atoms with Crippen molar-refractivity contribution in [2.75, 3.05) is 0 Å². The lowest BCUT2D eigenvalue weighted by Gasteiger charge is -2.19. The van der Waals surface area contributed by atoms with E-state index in [1.165, 1.54) is 11.1 Å². The number of halogens is 2. The molecular formula is C15H15BrClN. The van der Waals surface area contributed by atoms with Crippen LogP contribution in [0.1, 0.15) is 34.9 Å². The molecule has 0 aliphatic carbocycles. The maximum absolute atomic E-state index is 6.58. The minimum Gasteiger partial charge on any atom is -0.265 e. The molecule has 1 aromatic carbocycles. The van der Waals surface area contributed by atoms with E-state index in [2.05, 4.69) is 53.0 Å². The monoisotopic (exact) mass is 323 g/mol. The van der Waals surface area contributed by atoms with Crippen LogP contribution < -0.4 is 0 Å². The van der Waals surface area contributed by atoms with Crippen LogP contribution in [0.3, 0.4) is 0 Å². The second-order valence-corrected chi connectivity index (χ2v) is 5.80. The molecule has 0 saturated heterocycles. The summed E-state index contributed by atoms with van der Waals surface area (Å²) >= 11 is 10.1. The van der Waals surface area contributed by atoms with Gasteiger partial charge in [0, 0.05) is 22.8 Å². The molecule has 0 saturated carbocycles. The van der Waals surface area contributed by atoms with Crippen molar-refractivity contribution in [2.24, 2.45) is 0 Å². The first-order valence-corrected chi connectivity index (χ1v) is 7.12. The maximum atomic E-state index is 6.58. The molecule has 0 amide bonds. The fraction of sp³-hybridized carbons (Fsp3) is 0.267. The minimum atomic E-state index is -0.0285. The van der Waals surface area contributed by atoms with E-state index in [0.29, 0.717) is 0 Å². The highest BCUT2D eigenvalue weighted by Gasteiger charge is 2.18. The van der Waals surface area contributed by atoms with Gasteiger partial charge in [-0.2, -0.15) is 0 Å². The van der Waals surface area contributed by atoms with Crippen molar-refractivity contribution < 1.29 is 0 Å². The van der Waals surface area contributed by atoms with E-state index in [9.17, 15) is 0 Å². The molecule has 0 fully saturated rings. The van der Waals surface area contributed by atoms with Crippen LogP contribution in [0.15, 0.2) is 47.2 Å². The molecule has 1 aromatic heterocycles. The van der Waals surface area contributed by atoms with E-state index < -0.39 is 0 Å². The van der Waals surface area contributed by atoms with Gasteiger partial charge >= 0.3 is 0 Å². The van der Waals surface area contributed by atoms with Gasteiger partial charge in [-0.25, -0.2) is 0 Å². The van der Waals surface area contributed by atoms with Crippen molar-refractivity contribution in [3.8, 4) is 0 Å². The Morgan fingerprint density at radius 1 is 1.11 bits per heavy atom. The van der Waals surface area contributed by atoms with Crippen molar-refractivity contribution in [1.29, 1.82) is 0 Å². The van der Waals surface area contributed by atoms with E-state index in [0.717, 1.165) is 10.0 Å². The summed E-state index contributed by atoms with van der Waals surface area (Å²) in [5, 5.41) is -0.0285. The quantitative estimate of drug-likeness (QED) is 0.704. The summed E-state index contributed by atoms with van der Waals surface area (Å²) in [7, 11) is 0. The van der Waals surface area contributed by atoms with Gasteiger partial charge in [-0.3, -0.25) is 4.98 Å². The first-order chi connectivity index (χ1) is 8.59. The van der Waals surface area contributed by atoms with E-state index >= 15 is 0 Å². The zero-order chi connectivity index (χ0) is 13.1. The van der Waals surface area contributed by atoms with Crippen LogP contribution in [0.5, 0.6) is 0 Å². The van der Waals surface area contributed by atoms with Crippen molar-refractivity contribution >= 4 is 27.5 Å². The smallest absolute Gasteiger partial charge is 0.0651 e.